The van der Waals surface area contributed by atoms with Crippen molar-refractivity contribution in [1.82, 2.24) is 0 Å². The van der Waals surface area contributed by atoms with Gasteiger partial charge in [-0.25, -0.2) is 26.3 Å². The van der Waals surface area contributed by atoms with Crippen LogP contribution in [0.1, 0.15) is 79.1 Å². The first kappa shape index (κ1) is 40.6. The standard InChI is InChI=1S/C16H36N.2C6F5.Au/c1-5-9-13-17(14-10-6-2,15-11-7-3)16-12-8-4;2*7-2-1-3(8)5(10)6(11)4(2)9;/h5-16H2,1-4H3;;;/q+1;2*-1;+1. The number of hydrogen-bond acceptors (Lipinski definition) is 0. The molecule has 2 aromatic rings. The molecule has 0 amide bonds. The van der Waals surface area contributed by atoms with Gasteiger partial charge in [-0.1, -0.05) is 53.4 Å². The maximum Gasteiger partial charge on any atom is 1.00 e. The van der Waals surface area contributed by atoms with Crippen LogP contribution in [0.4, 0.5) is 43.9 Å². The monoisotopic (exact) mass is 773 g/mol. The molecule has 0 N–H and O–H groups in total. The largest absolute Gasteiger partial charge is 1.00 e. The Labute approximate surface area is 246 Å². The van der Waals surface area contributed by atoms with E-state index in [9.17, 15) is 43.9 Å². The van der Waals surface area contributed by atoms with Gasteiger partial charge in [0.2, 0.25) is 0 Å². The Bertz CT molecular complexity index is 853. The third kappa shape index (κ3) is 13.4. The van der Waals surface area contributed by atoms with Crippen molar-refractivity contribution in [1.29, 1.82) is 0 Å². The average molecular weight is 774 g/mol. The average Bonchev–Trinajstić information content (AvgIpc) is 2.92. The van der Waals surface area contributed by atoms with Crippen LogP contribution in [0.25, 0.3) is 0 Å². The van der Waals surface area contributed by atoms with E-state index >= 15 is 0 Å². The second-order valence-electron chi connectivity index (χ2n) is 9.04. The molecule has 12 heteroatoms. The van der Waals surface area contributed by atoms with Gasteiger partial charge >= 0.3 is 22.4 Å². The number of quaternary nitrogens is 1. The van der Waals surface area contributed by atoms with Crippen LogP contribution in [-0.2, 0) is 22.4 Å². The molecule has 234 valence electrons. The molecule has 0 aliphatic heterocycles. The fourth-order valence-corrected chi connectivity index (χ4v) is 3.64. The molecule has 0 aromatic heterocycles. The topological polar surface area (TPSA) is 0 Å². The molecule has 0 heterocycles. The maximum absolute atomic E-state index is 12.0. The normalized spacial score (nSPS) is 10.8. The predicted octanol–water partition coefficient (Wildman–Crippen LogP) is 9.37. The SMILES string of the molecule is CCCC[N+](CCCC)(CCCC)CCCC.Fc1[c-]c(F)c(F)c(F)c1F.Fc1[c-]c(F)c(F)c(F)c1F.[Au+]. The van der Waals surface area contributed by atoms with Crippen molar-refractivity contribution in [2.24, 2.45) is 0 Å². The number of nitrogens with zero attached hydrogens (tertiary/aromatic N) is 1. The van der Waals surface area contributed by atoms with E-state index in [0.29, 0.717) is 0 Å². The van der Waals surface area contributed by atoms with Crippen LogP contribution in [0.5, 0.6) is 0 Å². The summed E-state index contributed by atoms with van der Waals surface area (Å²) in [5.41, 5.74) is 0. The summed E-state index contributed by atoms with van der Waals surface area (Å²) in [6, 6.07) is 2.05. The maximum atomic E-state index is 12.0. The molecule has 0 radical (unpaired) electrons. The Hall–Kier alpha value is -1.56. The molecule has 0 saturated carbocycles. The molecule has 0 atom stereocenters. The van der Waals surface area contributed by atoms with Crippen molar-refractivity contribution in [3.8, 4) is 0 Å². The zero-order chi connectivity index (χ0) is 30.2. The molecular formula is C28H36AuF10N. The van der Waals surface area contributed by atoms with Gasteiger partial charge in [0.1, 0.15) is 0 Å². The van der Waals surface area contributed by atoms with E-state index in [1.807, 2.05) is 0 Å². The molecule has 0 unspecified atom stereocenters. The minimum Gasteiger partial charge on any atom is -0.324 e. The molecule has 2 rings (SSSR count). The van der Waals surface area contributed by atoms with Crippen LogP contribution in [0.2, 0.25) is 0 Å². The minimum absolute atomic E-state index is 0. The van der Waals surface area contributed by atoms with Gasteiger partial charge in [0.05, 0.1) is 84.4 Å². The molecule has 2 aromatic carbocycles. The summed E-state index contributed by atoms with van der Waals surface area (Å²) in [4.78, 5) is 0. The fourth-order valence-electron chi connectivity index (χ4n) is 3.64. The molecule has 40 heavy (non-hydrogen) atoms. The molecule has 0 spiro atoms. The summed E-state index contributed by atoms with van der Waals surface area (Å²) in [6.07, 6.45) is 11.1. The summed E-state index contributed by atoms with van der Waals surface area (Å²) in [5, 5.41) is 0. The van der Waals surface area contributed by atoms with Crippen molar-refractivity contribution >= 4 is 0 Å². The first-order valence-corrected chi connectivity index (χ1v) is 13.0. The van der Waals surface area contributed by atoms with E-state index in [-0.39, 0.29) is 22.4 Å². The molecule has 0 fully saturated rings. The van der Waals surface area contributed by atoms with Crippen LogP contribution in [0.3, 0.4) is 0 Å². The zero-order valence-corrected chi connectivity index (χ0v) is 25.2. The van der Waals surface area contributed by atoms with Gasteiger partial charge in [-0.3, -0.25) is 17.6 Å². The second-order valence-corrected chi connectivity index (χ2v) is 9.04. The van der Waals surface area contributed by atoms with E-state index in [2.05, 4.69) is 27.7 Å². The van der Waals surface area contributed by atoms with Gasteiger partial charge in [0.15, 0.2) is 0 Å². The van der Waals surface area contributed by atoms with Crippen LogP contribution in [-0.4, -0.2) is 30.7 Å². The van der Waals surface area contributed by atoms with E-state index in [0.717, 1.165) is 12.1 Å². The Kier molecular flexibility index (Phi) is 21.5. The second kappa shape index (κ2) is 21.2. The van der Waals surface area contributed by atoms with Crippen molar-refractivity contribution in [2.45, 2.75) is 79.1 Å². The van der Waals surface area contributed by atoms with Crippen molar-refractivity contribution in [2.75, 3.05) is 26.2 Å². The summed E-state index contributed by atoms with van der Waals surface area (Å²) < 4.78 is 121. The Morgan fingerprint density at radius 3 is 0.775 bits per heavy atom. The number of halogens is 10. The number of hydrogen-bond donors (Lipinski definition) is 0. The van der Waals surface area contributed by atoms with Gasteiger partial charge in [0, 0.05) is 0 Å². The van der Waals surface area contributed by atoms with Gasteiger partial charge < -0.3 is 4.48 Å². The van der Waals surface area contributed by atoms with E-state index < -0.39 is 58.2 Å². The Balaban J connectivity index is 0. The van der Waals surface area contributed by atoms with Gasteiger partial charge in [-0.05, 0) is 25.7 Å². The predicted molar refractivity (Wildman–Crippen MR) is 129 cm³/mol. The fraction of sp³-hybridized carbons (Fsp3) is 0.571. The van der Waals surface area contributed by atoms with Gasteiger partial charge in [-0.2, -0.15) is 0 Å². The van der Waals surface area contributed by atoms with E-state index in [1.54, 1.807) is 0 Å². The van der Waals surface area contributed by atoms with Gasteiger partial charge in [-0.15, -0.1) is 12.1 Å². The van der Waals surface area contributed by atoms with Gasteiger partial charge in [0.25, 0.3) is 0 Å². The van der Waals surface area contributed by atoms with Crippen LogP contribution >= 0.6 is 0 Å². The molecular weight excluding hydrogens is 737 g/mol. The first-order chi connectivity index (χ1) is 18.3. The third-order valence-electron chi connectivity index (χ3n) is 5.92. The summed E-state index contributed by atoms with van der Waals surface area (Å²) in [6.45, 7) is 15.0. The molecule has 0 saturated heterocycles. The van der Waals surface area contributed by atoms with Crippen LogP contribution in [0, 0.1) is 70.3 Å². The minimum atomic E-state index is -2.17. The molecule has 0 aliphatic carbocycles. The third-order valence-corrected chi connectivity index (χ3v) is 5.92. The van der Waals surface area contributed by atoms with Crippen molar-refractivity contribution in [3.63, 3.8) is 0 Å². The summed E-state index contributed by atoms with van der Waals surface area (Å²) in [7, 11) is 0. The Morgan fingerprint density at radius 2 is 0.600 bits per heavy atom. The first-order valence-electron chi connectivity index (χ1n) is 13.0. The molecule has 0 aliphatic rings. The van der Waals surface area contributed by atoms with Crippen molar-refractivity contribution < 1.29 is 70.8 Å². The summed E-state index contributed by atoms with van der Waals surface area (Å²) >= 11 is 0. The molecule has 0 bridgehead atoms. The number of unbranched alkanes of at least 4 members (excludes halogenated alkanes) is 4. The Morgan fingerprint density at radius 1 is 0.400 bits per heavy atom. The zero-order valence-electron chi connectivity index (χ0n) is 23.0. The van der Waals surface area contributed by atoms with Crippen LogP contribution < -0.4 is 0 Å². The van der Waals surface area contributed by atoms with E-state index in [1.165, 1.54) is 82.0 Å². The summed E-state index contributed by atoms with van der Waals surface area (Å²) in [5.74, 6) is -20.1. The van der Waals surface area contributed by atoms with Crippen LogP contribution in [0.15, 0.2) is 0 Å². The molecule has 1 nitrogen and oxygen atoms in total. The smallest absolute Gasteiger partial charge is 0.324 e. The van der Waals surface area contributed by atoms with Crippen molar-refractivity contribution in [3.05, 3.63) is 70.3 Å². The quantitative estimate of drug-likeness (QED) is 0.0504. The van der Waals surface area contributed by atoms with E-state index in [4.69, 9.17) is 0 Å². The number of benzene rings is 2. The number of rotatable bonds is 12.